The molecule has 27 heavy (non-hydrogen) atoms. The van der Waals surface area contributed by atoms with E-state index in [1.807, 2.05) is 0 Å². The van der Waals surface area contributed by atoms with Crippen LogP contribution in [0.4, 0.5) is 5.69 Å². The third kappa shape index (κ3) is 3.13. The molecule has 0 spiro atoms. The van der Waals surface area contributed by atoms with Gasteiger partial charge >= 0.3 is 5.97 Å². The molecule has 1 aromatic carbocycles. The van der Waals surface area contributed by atoms with Crippen molar-refractivity contribution < 1.29 is 14.7 Å². The van der Waals surface area contributed by atoms with Crippen LogP contribution in [0.15, 0.2) is 24.5 Å². The van der Waals surface area contributed by atoms with E-state index >= 15 is 0 Å². The third-order valence-electron chi connectivity index (χ3n) is 6.05. The van der Waals surface area contributed by atoms with Gasteiger partial charge in [-0.05, 0) is 80.2 Å². The van der Waals surface area contributed by atoms with E-state index in [4.69, 9.17) is 0 Å². The van der Waals surface area contributed by atoms with Gasteiger partial charge in [-0.1, -0.05) is 6.07 Å². The van der Waals surface area contributed by atoms with Crippen molar-refractivity contribution in [1.29, 1.82) is 0 Å². The van der Waals surface area contributed by atoms with Crippen LogP contribution >= 0.6 is 0 Å². The van der Waals surface area contributed by atoms with Gasteiger partial charge in [0.05, 0.1) is 0 Å². The van der Waals surface area contributed by atoms with E-state index in [9.17, 15) is 14.7 Å². The van der Waals surface area contributed by atoms with Crippen molar-refractivity contribution in [3.63, 3.8) is 0 Å². The number of nitrogens with zero attached hydrogens (tertiary/aromatic N) is 2. The molecule has 1 aromatic heterocycles. The van der Waals surface area contributed by atoms with Crippen molar-refractivity contribution in [2.24, 2.45) is 0 Å². The first-order valence-corrected chi connectivity index (χ1v) is 9.69. The van der Waals surface area contributed by atoms with Crippen LogP contribution in [0.3, 0.4) is 0 Å². The average molecular weight is 367 g/mol. The lowest BCUT2D eigenvalue weighted by Crippen LogP contribution is -2.40. The predicted molar refractivity (Wildman–Crippen MR) is 102 cm³/mol. The Kier molecular flexibility index (Phi) is 4.50. The molecule has 0 radical (unpaired) electrons. The van der Waals surface area contributed by atoms with Crippen molar-refractivity contribution in [1.82, 2.24) is 9.78 Å². The number of aromatic nitrogens is 2. The number of amides is 1. The minimum absolute atomic E-state index is 0.121. The molecule has 6 heteroatoms. The van der Waals surface area contributed by atoms with Gasteiger partial charge in [0.15, 0.2) is 5.54 Å². The van der Waals surface area contributed by atoms with E-state index in [0.717, 1.165) is 44.2 Å². The molecule has 142 valence electrons. The highest BCUT2D eigenvalue weighted by Gasteiger charge is 2.36. The number of fused-ring (bicyclic) bond motifs is 2. The van der Waals surface area contributed by atoms with Crippen LogP contribution in [0.5, 0.6) is 0 Å². The van der Waals surface area contributed by atoms with Gasteiger partial charge in [-0.3, -0.25) is 9.48 Å². The Balaban J connectivity index is 1.52. The molecule has 1 heterocycles. The predicted octanol–water partition coefficient (Wildman–Crippen LogP) is 3.08. The molecule has 1 amide bonds. The molecule has 0 saturated carbocycles. The Morgan fingerprint density at radius 1 is 1.19 bits per heavy atom. The number of nitrogens with one attached hydrogen (secondary N) is 1. The number of carboxylic acid groups (broad SMARTS) is 1. The highest BCUT2D eigenvalue weighted by molar-refractivity contribution is 5.93. The molecule has 0 saturated heterocycles. The van der Waals surface area contributed by atoms with E-state index in [0.29, 0.717) is 0 Å². The number of rotatable bonds is 6. The highest BCUT2D eigenvalue weighted by Crippen LogP contribution is 2.38. The first-order valence-electron chi connectivity index (χ1n) is 9.69. The summed E-state index contributed by atoms with van der Waals surface area (Å²) < 4.78 is 1.42. The maximum absolute atomic E-state index is 12.7. The summed E-state index contributed by atoms with van der Waals surface area (Å²) in [4.78, 5) is 24.5. The smallest absolute Gasteiger partial charge is 0.331 e. The summed E-state index contributed by atoms with van der Waals surface area (Å²) >= 11 is 0. The van der Waals surface area contributed by atoms with Gasteiger partial charge in [-0.25, -0.2) is 4.79 Å². The first-order chi connectivity index (χ1) is 13.0. The van der Waals surface area contributed by atoms with Crippen molar-refractivity contribution in [2.45, 2.75) is 63.8 Å². The lowest BCUT2D eigenvalue weighted by molar-refractivity contribution is -0.147. The van der Waals surface area contributed by atoms with Gasteiger partial charge in [0.1, 0.15) is 0 Å². The second-order valence-corrected chi connectivity index (χ2v) is 7.81. The molecule has 0 fully saturated rings. The molecular weight excluding hydrogens is 342 g/mol. The van der Waals surface area contributed by atoms with Gasteiger partial charge in [0, 0.05) is 24.5 Å². The van der Waals surface area contributed by atoms with Crippen LogP contribution in [0.1, 0.15) is 54.9 Å². The molecule has 1 atom stereocenters. The quantitative estimate of drug-likeness (QED) is 0.822. The van der Waals surface area contributed by atoms with Crippen molar-refractivity contribution in [2.75, 3.05) is 5.32 Å². The fourth-order valence-corrected chi connectivity index (χ4v) is 4.41. The molecule has 4 rings (SSSR count). The first kappa shape index (κ1) is 17.8. The number of carboxylic acids is 1. The van der Waals surface area contributed by atoms with Crippen LogP contribution in [0.2, 0.25) is 0 Å². The number of carbonyl (C=O) groups is 2. The molecule has 1 unspecified atom stereocenters. The summed E-state index contributed by atoms with van der Waals surface area (Å²) in [5.74, 6) is -1.11. The van der Waals surface area contributed by atoms with Gasteiger partial charge in [0.2, 0.25) is 5.91 Å². The molecule has 2 aliphatic rings. The molecular formula is C21H25N3O3. The van der Waals surface area contributed by atoms with Crippen molar-refractivity contribution >= 4 is 17.6 Å². The molecule has 2 N–H and O–H groups in total. The van der Waals surface area contributed by atoms with Crippen molar-refractivity contribution in [3.8, 4) is 0 Å². The van der Waals surface area contributed by atoms with Crippen LogP contribution in [-0.4, -0.2) is 26.8 Å². The van der Waals surface area contributed by atoms with E-state index in [2.05, 4.69) is 16.5 Å². The maximum atomic E-state index is 12.7. The monoisotopic (exact) mass is 367 g/mol. The summed E-state index contributed by atoms with van der Waals surface area (Å²) in [7, 11) is 0. The topological polar surface area (TPSA) is 84.2 Å². The highest BCUT2D eigenvalue weighted by atomic mass is 16.4. The Labute approximate surface area is 158 Å². The number of aliphatic carboxylic acids is 1. The van der Waals surface area contributed by atoms with E-state index in [1.165, 1.54) is 26.9 Å². The summed E-state index contributed by atoms with van der Waals surface area (Å²) in [6, 6.07) is 4.03. The van der Waals surface area contributed by atoms with Crippen LogP contribution in [0, 0.1) is 0 Å². The fraction of sp³-hybridized carbons (Fsp3) is 0.476. The minimum atomic E-state index is -1.23. The lowest BCUT2D eigenvalue weighted by atomic mass is 9.95. The zero-order valence-electron chi connectivity index (χ0n) is 15.6. The maximum Gasteiger partial charge on any atom is 0.331 e. The van der Waals surface area contributed by atoms with Gasteiger partial charge in [0.25, 0.3) is 0 Å². The molecule has 6 nitrogen and oxygen atoms in total. The Hall–Kier alpha value is -2.63. The molecule has 0 aliphatic heterocycles. The number of carbonyl (C=O) groups excluding carboxylic acids is 1. The Morgan fingerprint density at radius 3 is 2.41 bits per heavy atom. The van der Waals surface area contributed by atoms with Crippen LogP contribution < -0.4 is 5.32 Å². The SMILES string of the molecule is CC(CCC(=O)Nc1c2c(cc3c1CCC3)CCC2)(C(=O)O)n1cccn1. The summed E-state index contributed by atoms with van der Waals surface area (Å²) in [6.45, 7) is 1.60. The Morgan fingerprint density at radius 2 is 1.85 bits per heavy atom. The standard InChI is InChI=1S/C21H25N3O3/c1-21(20(26)27,24-12-4-11-22-24)10-9-18(25)23-19-16-7-2-5-14(16)13-15-6-3-8-17(15)19/h4,11-13H,2-3,5-10H2,1H3,(H,23,25)(H,26,27). The second-order valence-electron chi connectivity index (χ2n) is 7.81. The molecule has 0 bridgehead atoms. The fourth-order valence-electron chi connectivity index (χ4n) is 4.41. The summed E-state index contributed by atoms with van der Waals surface area (Å²) in [5, 5.41) is 16.9. The largest absolute Gasteiger partial charge is 0.479 e. The second kappa shape index (κ2) is 6.83. The van der Waals surface area contributed by atoms with Crippen LogP contribution in [0.25, 0.3) is 0 Å². The van der Waals surface area contributed by atoms with Gasteiger partial charge in [-0.2, -0.15) is 5.10 Å². The van der Waals surface area contributed by atoms with E-state index in [1.54, 1.807) is 25.4 Å². The number of hydrogen-bond donors (Lipinski definition) is 2. The summed E-state index contributed by atoms with van der Waals surface area (Å²) in [5.41, 5.74) is 5.10. The number of hydrogen-bond acceptors (Lipinski definition) is 3. The number of benzene rings is 1. The van der Waals surface area contributed by atoms with Gasteiger partial charge in [-0.15, -0.1) is 0 Å². The minimum Gasteiger partial charge on any atom is -0.479 e. The van der Waals surface area contributed by atoms with E-state index in [-0.39, 0.29) is 18.7 Å². The van der Waals surface area contributed by atoms with Crippen LogP contribution in [-0.2, 0) is 40.8 Å². The Bertz CT molecular complexity index is 856. The van der Waals surface area contributed by atoms with E-state index < -0.39 is 11.5 Å². The molecule has 2 aliphatic carbocycles. The molecule has 2 aromatic rings. The van der Waals surface area contributed by atoms with Gasteiger partial charge < -0.3 is 10.4 Å². The zero-order valence-corrected chi connectivity index (χ0v) is 15.6. The zero-order chi connectivity index (χ0) is 19.0. The van der Waals surface area contributed by atoms with Crippen molar-refractivity contribution in [3.05, 3.63) is 46.8 Å². The summed E-state index contributed by atoms with van der Waals surface area (Å²) in [6.07, 6.45) is 9.98. The average Bonchev–Trinajstić information content (AvgIpc) is 3.39. The third-order valence-corrected chi connectivity index (χ3v) is 6.05. The normalized spacial score (nSPS) is 17.2. The number of aryl methyl sites for hydroxylation is 2. The lowest BCUT2D eigenvalue weighted by Gasteiger charge is -2.25. The number of anilines is 1.